The summed E-state index contributed by atoms with van der Waals surface area (Å²) in [5, 5.41) is 0.486. The molecule has 0 saturated heterocycles. The average Bonchev–Trinajstić information content (AvgIpc) is 3.22. The molecule has 0 aliphatic carbocycles. The van der Waals surface area contributed by atoms with Crippen LogP contribution in [-0.4, -0.2) is 69.3 Å². The number of unbranched alkanes of at least 4 members (excludes halogenated alkanes) is 1. The summed E-state index contributed by atoms with van der Waals surface area (Å²) < 4.78 is 41.2. The number of hydrogen-bond donors (Lipinski definition) is 0. The number of carbonyl (C=O) groups excluding carboxylic acids is 1. The molecule has 0 aliphatic rings. The molecule has 0 unspecified atom stereocenters. The number of fused-ring (bicyclic) bond motifs is 1. The Morgan fingerprint density at radius 1 is 1.00 bits per heavy atom. The van der Waals surface area contributed by atoms with Crippen molar-refractivity contribution >= 4 is 42.6 Å². The number of aromatic nitrogens is 1. The lowest BCUT2D eigenvalue weighted by Crippen LogP contribution is -2.33. The van der Waals surface area contributed by atoms with Gasteiger partial charge < -0.3 is 4.90 Å². The van der Waals surface area contributed by atoms with Crippen molar-refractivity contribution < 1.29 is 17.6 Å². The van der Waals surface area contributed by atoms with Crippen molar-refractivity contribution in [3.63, 3.8) is 0 Å². The fourth-order valence-electron chi connectivity index (χ4n) is 3.44. The van der Waals surface area contributed by atoms with Crippen molar-refractivity contribution in [2.75, 3.05) is 45.7 Å². The maximum atomic E-state index is 13.7. The highest BCUT2D eigenvalue weighted by atomic mass is 32.2. The highest BCUT2D eigenvalue weighted by Crippen LogP contribution is 2.30. The van der Waals surface area contributed by atoms with Crippen LogP contribution in [0.15, 0.2) is 47.4 Å². The molecule has 0 N–H and O–H groups in total. The van der Waals surface area contributed by atoms with Crippen LogP contribution in [0.1, 0.15) is 36.5 Å². The summed E-state index contributed by atoms with van der Waals surface area (Å²) in [5.74, 6) is -0.629. The Bertz CT molecular complexity index is 1230. The van der Waals surface area contributed by atoms with E-state index in [4.69, 9.17) is 0 Å². The summed E-state index contributed by atoms with van der Waals surface area (Å²) in [6.45, 7) is 3.66. The van der Waals surface area contributed by atoms with E-state index in [-0.39, 0.29) is 16.6 Å². The number of thiazole rings is 1. The van der Waals surface area contributed by atoms with Crippen LogP contribution in [0.4, 0.5) is 9.52 Å². The molecule has 3 rings (SSSR count). The van der Waals surface area contributed by atoms with Crippen LogP contribution in [0, 0.1) is 5.82 Å². The summed E-state index contributed by atoms with van der Waals surface area (Å²) in [7, 11) is 1.87. The van der Waals surface area contributed by atoms with Crippen LogP contribution >= 0.6 is 11.3 Å². The molecule has 10 heteroatoms. The number of nitrogens with zero attached hydrogens (tertiary/aromatic N) is 4. The fourth-order valence-corrected chi connectivity index (χ4v) is 5.66. The molecule has 184 valence electrons. The second kappa shape index (κ2) is 11.4. The number of amides is 1. The molecule has 0 atom stereocenters. The van der Waals surface area contributed by atoms with Gasteiger partial charge in [0, 0.05) is 25.7 Å². The summed E-state index contributed by atoms with van der Waals surface area (Å²) in [5.41, 5.74) is 0.994. The molecule has 0 spiro atoms. The van der Waals surface area contributed by atoms with Gasteiger partial charge in [0.05, 0.1) is 15.1 Å². The summed E-state index contributed by atoms with van der Waals surface area (Å²) in [6, 6.07) is 10.4. The Labute approximate surface area is 204 Å². The lowest BCUT2D eigenvalue weighted by Gasteiger charge is -2.21. The lowest BCUT2D eigenvalue weighted by atomic mass is 10.2. The standard InChI is InChI=1S/C24H31FN4O3S2/c1-5-6-15-28(4)34(31,32)20-11-8-18(9-12-20)23(30)29(16-7-14-27(2)3)24-26-21-13-10-19(25)17-22(21)33-24/h8-13,17H,5-7,14-16H2,1-4H3. The van der Waals surface area contributed by atoms with Gasteiger partial charge >= 0.3 is 0 Å². The zero-order valence-electron chi connectivity index (χ0n) is 20.0. The SMILES string of the molecule is CCCCN(C)S(=O)(=O)c1ccc(C(=O)N(CCCN(C)C)c2nc3ccc(F)cc3s2)cc1. The minimum Gasteiger partial charge on any atom is -0.309 e. The van der Waals surface area contributed by atoms with Gasteiger partial charge in [-0.15, -0.1) is 0 Å². The van der Waals surface area contributed by atoms with Crippen LogP contribution in [-0.2, 0) is 10.0 Å². The van der Waals surface area contributed by atoms with E-state index in [9.17, 15) is 17.6 Å². The van der Waals surface area contributed by atoms with Gasteiger partial charge in [-0.05, 0) is 75.9 Å². The van der Waals surface area contributed by atoms with Crippen molar-refractivity contribution in [3.8, 4) is 0 Å². The van der Waals surface area contributed by atoms with Crippen molar-refractivity contribution in [1.29, 1.82) is 0 Å². The summed E-state index contributed by atoms with van der Waals surface area (Å²) in [6.07, 6.45) is 2.40. The number of carbonyl (C=O) groups is 1. The van der Waals surface area contributed by atoms with E-state index >= 15 is 0 Å². The molecular weight excluding hydrogens is 475 g/mol. The zero-order chi connectivity index (χ0) is 24.9. The van der Waals surface area contributed by atoms with Crippen molar-refractivity contribution in [2.45, 2.75) is 31.1 Å². The summed E-state index contributed by atoms with van der Waals surface area (Å²) in [4.78, 5) is 21.8. The highest BCUT2D eigenvalue weighted by Gasteiger charge is 2.24. The third-order valence-corrected chi connectivity index (χ3v) is 8.35. The molecule has 3 aromatic rings. The fraction of sp³-hybridized carbons (Fsp3) is 0.417. The molecule has 34 heavy (non-hydrogen) atoms. The first-order chi connectivity index (χ1) is 16.1. The number of sulfonamides is 1. The van der Waals surface area contributed by atoms with E-state index in [0.29, 0.717) is 34.0 Å². The van der Waals surface area contributed by atoms with E-state index in [1.165, 1.54) is 52.0 Å². The first-order valence-electron chi connectivity index (χ1n) is 11.2. The highest BCUT2D eigenvalue weighted by molar-refractivity contribution is 7.89. The van der Waals surface area contributed by atoms with E-state index in [2.05, 4.69) is 4.98 Å². The normalized spacial score (nSPS) is 12.1. The number of halogens is 1. The van der Waals surface area contributed by atoms with Gasteiger partial charge in [-0.2, -0.15) is 0 Å². The molecule has 1 aromatic heterocycles. The number of benzene rings is 2. The van der Waals surface area contributed by atoms with Gasteiger partial charge in [0.2, 0.25) is 10.0 Å². The first kappa shape index (κ1) is 26.2. The van der Waals surface area contributed by atoms with Crippen molar-refractivity contribution in [3.05, 3.63) is 53.8 Å². The Balaban J connectivity index is 1.88. The van der Waals surface area contributed by atoms with E-state index < -0.39 is 10.0 Å². The second-order valence-corrected chi connectivity index (χ2v) is 11.5. The summed E-state index contributed by atoms with van der Waals surface area (Å²) >= 11 is 1.26. The number of anilines is 1. The van der Waals surface area contributed by atoms with Gasteiger partial charge in [-0.1, -0.05) is 24.7 Å². The average molecular weight is 507 g/mol. The van der Waals surface area contributed by atoms with Gasteiger partial charge in [0.1, 0.15) is 5.82 Å². The van der Waals surface area contributed by atoms with E-state index in [1.54, 1.807) is 18.0 Å². The molecule has 0 fully saturated rings. The Hall–Kier alpha value is -2.40. The van der Waals surface area contributed by atoms with Gasteiger partial charge in [0.25, 0.3) is 5.91 Å². The largest absolute Gasteiger partial charge is 0.309 e. The molecule has 0 aliphatic heterocycles. The van der Waals surface area contributed by atoms with E-state index in [0.717, 1.165) is 25.8 Å². The maximum Gasteiger partial charge on any atom is 0.260 e. The van der Waals surface area contributed by atoms with Crippen molar-refractivity contribution in [1.82, 2.24) is 14.2 Å². The van der Waals surface area contributed by atoms with Crippen LogP contribution < -0.4 is 4.90 Å². The van der Waals surface area contributed by atoms with Crippen LogP contribution in [0.25, 0.3) is 10.2 Å². The van der Waals surface area contributed by atoms with E-state index in [1.807, 2.05) is 25.9 Å². The molecule has 0 bridgehead atoms. The van der Waals surface area contributed by atoms with Crippen LogP contribution in [0.3, 0.4) is 0 Å². The molecule has 7 nitrogen and oxygen atoms in total. The Morgan fingerprint density at radius 2 is 1.71 bits per heavy atom. The van der Waals surface area contributed by atoms with Gasteiger partial charge in [0.15, 0.2) is 5.13 Å². The van der Waals surface area contributed by atoms with Gasteiger partial charge in [-0.3, -0.25) is 9.69 Å². The number of hydrogen-bond acceptors (Lipinski definition) is 6. The zero-order valence-corrected chi connectivity index (χ0v) is 21.6. The second-order valence-electron chi connectivity index (χ2n) is 8.43. The smallest absolute Gasteiger partial charge is 0.260 e. The molecule has 0 radical (unpaired) electrons. The predicted molar refractivity (Wildman–Crippen MR) is 136 cm³/mol. The Morgan fingerprint density at radius 3 is 2.35 bits per heavy atom. The lowest BCUT2D eigenvalue weighted by molar-refractivity contribution is 0.0986. The minimum atomic E-state index is -3.61. The van der Waals surface area contributed by atoms with Gasteiger partial charge in [-0.25, -0.2) is 22.1 Å². The molecule has 2 aromatic carbocycles. The molecule has 1 amide bonds. The van der Waals surface area contributed by atoms with Crippen LogP contribution in [0.5, 0.6) is 0 Å². The Kier molecular flexibility index (Phi) is 8.75. The monoisotopic (exact) mass is 506 g/mol. The molecule has 1 heterocycles. The first-order valence-corrected chi connectivity index (χ1v) is 13.5. The number of rotatable bonds is 11. The molecular formula is C24H31FN4O3S2. The quantitative estimate of drug-likeness (QED) is 0.384. The van der Waals surface area contributed by atoms with Crippen molar-refractivity contribution in [2.24, 2.45) is 0 Å². The topological polar surface area (TPSA) is 73.8 Å². The molecule has 0 saturated carbocycles. The third-order valence-electron chi connectivity index (χ3n) is 5.44. The maximum absolute atomic E-state index is 13.7. The predicted octanol–water partition coefficient (Wildman–Crippen LogP) is 4.45. The minimum absolute atomic E-state index is 0.150. The third kappa shape index (κ3) is 6.18. The van der Waals surface area contributed by atoms with Crippen LogP contribution in [0.2, 0.25) is 0 Å².